The zero-order valence-electron chi connectivity index (χ0n) is 36.1. The molecule has 4 aromatic rings. The van der Waals surface area contributed by atoms with Crippen molar-refractivity contribution in [3.8, 4) is 22.3 Å². The molecule has 0 aliphatic heterocycles. The van der Waals surface area contributed by atoms with Gasteiger partial charge in [-0.15, -0.1) is 0 Å². The zero-order chi connectivity index (χ0) is 39.0. The van der Waals surface area contributed by atoms with Crippen molar-refractivity contribution in [1.29, 1.82) is 0 Å². The van der Waals surface area contributed by atoms with Crippen LogP contribution in [0.5, 0.6) is 0 Å². The van der Waals surface area contributed by atoms with E-state index in [9.17, 15) is 0 Å². The normalized spacial score (nSPS) is 17.0. The van der Waals surface area contributed by atoms with Crippen LogP contribution in [0.4, 0.5) is 0 Å². The lowest BCUT2D eigenvalue weighted by Crippen LogP contribution is -2.43. The lowest BCUT2D eigenvalue weighted by Gasteiger charge is -2.41. The molecule has 1 fully saturated rings. The van der Waals surface area contributed by atoms with E-state index in [0.717, 1.165) is 18.4 Å². The third-order valence-corrected chi connectivity index (χ3v) is 19.0. The first-order chi connectivity index (χ1) is 25.1. The van der Waals surface area contributed by atoms with Crippen molar-refractivity contribution >= 4 is 20.2 Å². The summed E-state index contributed by atoms with van der Waals surface area (Å²) in [7, 11) is -2.07. The fraction of sp³-hybridized carbons (Fsp3) is 0.472. The number of hydrogen-bond acceptors (Lipinski definition) is 0. The van der Waals surface area contributed by atoms with E-state index in [1.54, 1.807) is 10.4 Å². The van der Waals surface area contributed by atoms with Crippen molar-refractivity contribution in [2.24, 2.45) is 0 Å². The molecule has 0 radical (unpaired) electrons. The quantitative estimate of drug-likeness (QED) is 0.179. The first-order valence-corrected chi connectivity index (χ1v) is 23.7. The third-order valence-electron chi connectivity index (χ3n) is 13.5. The Morgan fingerprint density at radius 3 is 1.15 bits per heavy atom. The Morgan fingerprint density at radius 1 is 0.463 bits per heavy atom. The monoisotopic (exact) mass is 733 g/mol. The van der Waals surface area contributed by atoms with Gasteiger partial charge in [0.15, 0.2) is 0 Å². The van der Waals surface area contributed by atoms with Crippen LogP contribution < -0.4 is 0 Å². The van der Waals surface area contributed by atoms with Gasteiger partial charge >= 0.3 is 0 Å². The second-order valence-electron chi connectivity index (χ2n) is 21.6. The van der Waals surface area contributed by atoms with Crippen LogP contribution >= 0.6 is 0 Å². The largest absolute Gasteiger partial charge is 0.109 e. The van der Waals surface area contributed by atoms with Crippen molar-refractivity contribution in [3.05, 3.63) is 128 Å². The fourth-order valence-corrected chi connectivity index (χ4v) is 14.6. The summed E-state index contributed by atoms with van der Waals surface area (Å²) in [5, 5.41) is 3.54. The van der Waals surface area contributed by atoms with E-state index in [4.69, 9.17) is 0 Å². The van der Waals surface area contributed by atoms with E-state index in [1.807, 2.05) is 0 Å². The van der Waals surface area contributed by atoms with Gasteiger partial charge in [0, 0.05) is 0 Å². The van der Waals surface area contributed by atoms with Crippen molar-refractivity contribution in [3.63, 3.8) is 0 Å². The average molecular weight is 733 g/mol. The summed E-state index contributed by atoms with van der Waals surface area (Å²) < 4.78 is 0. The van der Waals surface area contributed by atoms with Crippen LogP contribution in [0.25, 0.3) is 34.4 Å². The minimum Gasteiger partial charge on any atom is -0.0709 e. The topological polar surface area (TPSA) is 0 Å². The molecule has 1 saturated carbocycles. The standard InChI is InChI=1S/C53H68Si/c1-50(2,3)39-25-37(26-40(31-39)51(4,5)6)46-23-17-19-35-29-44(33-48(35)46)54(13,43-21-15-14-16-22-43)45-30-36-20-18-24-47(49(36)34-45)38-27-41(52(7,8)9)32-42(28-38)53(10,11)12/h17-20,23-28,31-34,43H,14-16,21-22,29-30H2,1-13H3. The molecule has 0 N–H and O–H groups in total. The van der Waals surface area contributed by atoms with Gasteiger partial charge in [0.2, 0.25) is 0 Å². The van der Waals surface area contributed by atoms with Crippen LogP contribution in [0.2, 0.25) is 12.1 Å². The lowest BCUT2D eigenvalue weighted by molar-refractivity contribution is 0.493. The minimum absolute atomic E-state index is 0.0899. The molecule has 3 aliphatic rings. The van der Waals surface area contributed by atoms with E-state index in [1.165, 1.54) is 98.9 Å². The molecule has 3 aliphatic carbocycles. The summed E-state index contributed by atoms with van der Waals surface area (Å²) in [4.78, 5) is 0. The van der Waals surface area contributed by atoms with E-state index < -0.39 is 8.07 Å². The van der Waals surface area contributed by atoms with Crippen LogP contribution in [-0.4, -0.2) is 8.07 Å². The summed E-state index contributed by atoms with van der Waals surface area (Å²) in [5.74, 6) is 0. The first kappa shape index (κ1) is 38.8. The van der Waals surface area contributed by atoms with Crippen LogP contribution in [0.15, 0.2) is 83.2 Å². The van der Waals surface area contributed by atoms with Crippen LogP contribution in [-0.2, 0) is 34.5 Å². The van der Waals surface area contributed by atoms with Gasteiger partial charge in [-0.25, -0.2) is 0 Å². The number of allylic oxidation sites excluding steroid dienone is 2. The molecule has 7 rings (SSSR count). The average Bonchev–Trinajstić information content (AvgIpc) is 3.75. The SMILES string of the molecule is CC(C)(C)c1cc(-c2cccc3c2C=C([Si](C)(C2=Cc4c(cccc4-c4cc(C(C)(C)C)cc(C(C)(C)C)c4)C2)C2CCCCC2)C3)cc(C(C)(C)C)c1. The molecule has 1 heteroatoms. The molecule has 0 amide bonds. The Balaban J connectivity index is 1.36. The van der Waals surface area contributed by atoms with Gasteiger partial charge in [0.1, 0.15) is 8.07 Å². The number of benzene rings is 4. The van der Waals surface area contributed by atoms with Gasteiger partial charge in [-0.1, -0.05) is 217 Å². The molecule has 284 valence electrons. The van der Waals surface area contributed by atoms with Crippen LogP contribution in [0.3, 0.4) is 0 Å². The fourth-order valence-electron chi connectivity index (χ4n) is 9.62. The van der Waals surface area contributed by atoms with Crippen LogP contribution in [0, 0.1) is 0 Å². The lowest BCUT2D eigenvalue weighted by atomic mass is 9.78. The molecule has 0 saturated heterocycles. The molecule has 0 unspecified atom stereocenters. The van der Waals surface area contributed by atoms with E-state index >= 15 is 0 Å². The molecule has 0 heterocycles. The highest BCUT2D eigenvalue weighted by molar-refractivity contribution is 6.94. The predicted octanol–water partition coefficient (Wildman–Crippen LogP) is 15.3. The van der Waals surface area contributed by atoms with Crippen molar-refractivity contribution in [1.82, 2.24) is 0 Å². The Labute approximate surface area is 330 Å². The Hall–Kier alpha value is -3.42. The second-order valence-corrected chi connectivity index (χ2v) is 26.1. The summed E-state index contributed by atoms with van der Waals surface area (Å²) in [6.45, 7) is 31.1. The molecule has 0 nitrogen and oxygen atoms in total. The highest BCUT2D eigenvalue weighted by Gasteiger charge is 2.46. The zero-order valence-corrected chi connectivity index (χ0v) is 37.1. The summed E-state index contributed by atoms with van der Waals surface area (Å²) in [6, 6.07) is 29.2. The van der Waals surface area contributed by atoms with Crippen LogP contribution in [0.1, 0.15) is 160 Å². The maximum Gasteiger partial charge on any atom is 0.109 e. The van der Waals surface area contributed by atoms with Gasteiger partial charge < -0.3 is 0 Å². The predicted molar refractivity (Wildman–Crippen MR) is 240 cm³/mol. The first-order valence-electron chi connectivity index (χ1n) is 21.1. The van der Waals surface area contributed by atoms with E-state index in [2.05, 4.69) is 175 Å². The molecule has 0 bridgehead atoms. The van der Waals surface area contributed by atoms with Crippen molar-refractivity contribution in [2.45, 2.75) is 162 Å². The highest BCUT2D eigenvalue weighted by Crippen LogP contribution is 2.52. The molecular formula is C53H68Si. The van der Waals surface area contributed by atoms with Gasteiger partial charge in [-0.2, -0.15) is 0 Å². The Kier molecular flexibility index (Phi) is 9.82. The van der Waals surface area contributed by atoms with Gasteiger partial charge in [-0.3, -0.25) is 0 Å². The molecule has 0 spiro atoms. The molecule has 54 heavy (non-hydrogen) atoms. The molecule has 0 atom stereocenters. The highest BCUT2D eigenvalue weighted by atomic mass is 28.3. The molecule has 4 aromatic carbocycles. The minimum atomic E-state index is -2.07. The van der Waals surface area contributed by atoms with E-state index in [-0.39, 0.29) is 21.7 Å². The number of hydrogen-bond donors (Lipinski definition) is 0. The van der Waals surface area contributed by atoms with Gasteiger partial charge in [-0.05, 0) is 107 Å². The maximum atomic E-state index is 2.79. The molecular weight excluding hydrogens is 665 g/mol. The summed E-state index contributed by atoms with van der Waals surface area (Å²) in [6.07, 6.45) is 14.6. The van der Waals surface area contributed by atoms with Gasteiger partial charge in [0.05, 0.1) is 0 Å². The second kappa shape index (κ2) is 13.7. The smallest absolute Gasteiger partial charge is 0.0709 e. The van der Waals surface area contributed by atoms with Crippen molar-refractivity contribution in [2.75, 3.05) is 0 Å². The number of rotatable bonds is 5. The number of fused-ring (bicyclic) bond motifs is 2. The third kappa shape index (κ3) is 7.32. The van der Waals surface area contributed by atoms with E-state index in [0.29, 0.717) is 0 Å². The summed E-state index contributed by atoms with van der Waals surface area (Å²) in [5.41, 5.74) is 18.5. The maximum absolute atomic E-state index is 2.79. The van der Waals surface area contributed by atoms with Crippen molar-refractivity contribution < 1.29 is 0 Å². The Morgan fingerprint density at radius 2 is 0.815 bits per heavy atom. The Bertz CT molecular complexity index is 1930. The molecule has 0 aromatic heterocycles. The summed E-state index contributed by atoms with van der Waals surface area (Å²) >= 11 is 0. The van der Waals surface area contributed by atoms with Gasteiger partial charge in [0.25, 0.3) is 0 Å².